The molecule has 5 atom stereocenters. The van der Waals surface area contributed by atoms with Crippen molar-refractivity contribution in [3.05, 3.63) is 0 Å². The number of hydrogen-bond acceptors (Lipinski definition) is 4. The first kappa shape index (κ1) is 26.7. The molecule has 5 nitrogen and oxygen atoms in total. The average Bonchev–Trinajstić information content (AvgIpc) is 2.56. The van der Waals surface area contributed by atoms with Crippen molar-refractivity contribution in [1.29, 1.82) is 0 Å². The highest BCUT2D eigenvalue weighted by Gasteiger charge is 2.53. The lowest BCUT2D eigenvalue weighted by molar-refractivity contribution is -0.147. The van der Waals surface area contributed by atoms with Gasteiger partial charge >= 0.3 is 0 Å². The summed E-state index contributed by atoms with van der Waals surface area (Å²) in [5.41, 5.74) is 0. The van der Waals surface area contributed by atoms with Crippen molar-refractivity contribution in [3.8, 4) is 0 Å². The summed E-state index contributed by atoms with van der Waals surface area (Å²) in [6.45, 7) is 24.7. The maximum Gasteiger partial charge on any atom is 0.228 e. The Labute approximate surface area is 192 Å². The molecular weight excluding hydrogens is 422 g/mol. The van der Waals surface area contributed by atoms with E-state index in [4.69, 9.17) is 8.85 Å². The SMILES string of the molecule is C[C@@H](O[Si](C)(C)C(C)(C)C)[C@H]1C(=O)N[C@@H]1[C@H]1CCC[C@@H](CO[Si](C)(C)C(C)(C)C)C1=O. The van der Waals surface area contributed by atoms with Crippen molar-refractivity contribution in [2.75, 3.05) is 6.61 Å². The maximum absolute atomic E-state index is 13.4. The van der Waals surface area contributed by atoms with Gasteiger partial charge in [0.2, 0.25) is 5.91 Å². The van der Waals surface area contributed by atoms with Crippen LogP contribution in [0, 0.1) is 17.8 Å². The predicted octanol–water partition coefficient (Wildman–Crippen LogP) is 5.52. The number of carbonyl (C=O) groups is 2. The Balaban J connectivity index is 2.06. The number of carbonyl (C=O) groups excluding carboxylic acids is 2. The van der Waals surface area contributed by atoms with Crippen molar-refractivity contribution in [3.63, 3.8) is 0 Å². The summed E-state index contributed by atoms with van der Waals surface area (Å²) < 4.78 is 12.9. The number of nitrogens with one attached hydrogen (secondary N) is 1. The molecule has 0 bridgehead atoms. The summed E-state index contributed by atoms with van der Waals surface area (Å²) in [7, 11) is -3.87. The second-order valence-corrected chi connectivity index (χ2v) is 22.4. The molecule has 2 fully saturated rings. The Hall–Kier alpha value is -0.506. The lowest BCUT2D eigenvalue weighted by atomic mass is 9.69. The molecule has 1 aliphatic carbocycles. The molecule has 1 amide bonds. The molecule has 0 spiro atoms. The highest BCUT2D eigenvalue weighted by atomic mass is 28.4. The average molecular weight is 470 g/mol. The van der Waals surface area contributed by atoms with E-state index in [2.05, 4.69) is 73.0 Å². The van der Waals surface area contributed by atoms with Crippen LogP contribution in [0.4, 0.5) is 0 Å². The van der Waals surface area contributed by atoms with Gasteiger partial charge in [-0.25, -0.2) is 0 Å². The van der Waals surface area contributed by atoms with E-state index in [0.717, 1.165) is 19.3 Å². The first-order chi connectivity index (χ1) is 13.9. The fraction of sp³-hybridized carbons (Fsp3) is 0.917. The number of rotatable bonds is 7. The number of β-lactam (4-membered cyclic amide) rings is 1. The van der Waals surface area contributed by atoms with Crippen LogP contribution in [0.5, 0.6) is 0 Å². The van der Waals surface area contributed by atoms with E-state index >= 15 is 0 Å². The smallest absolute Gasteiger partial charge is 0.228 e. The molecule has 0 aromatic carbocycles. The molecular formula is C24H47NO4Si2. The predicted molar refractivity (Wildman–Crippen MR) is 132 cm³/mol. The van der Waals surface area contributed by atoms with E-state index in [-0.39, 0.29) is 51.7 Å². The van der Waals surface area contributed by atoms with Crippen molar-refractivity contribution in [2.45, 2.75) is 116 Å². The summed E-state index contributed by atoms with van der Waals surface area (Å²) in [4.78, 5) is 25.9. The first-order valence-corrected chi connectivity index (χ1v) is 17.9. The molecule has 31 heavy (non-hydrogen) atoms. The van der Waals surface area contributed by atoms with Gasteiger partial charge in [-0.1, -0.05) is 48.0 Å². The Morgan fingerprint density at radius 1 is 0.968 bits per heavy atom. The maximum atomic E-state index is 13.4. The molecule has 1 saturated carbocycles. The van der Waals surface area contributed by atoms with Crippen molar-refractivity contribution >= 4 is 28.3 Å². The summed E-state index contributed by atoms with van der Waals surface area (Å²) in [5.74, 6) is -0.0937. The van der Waals surface area contributed by atoms with Gasteiger partial charge in [-0.15, -0.1) is 0 Å². The fourth-order valence-electron chi connectivity index (χ4n) is 4.21. The van der Waals surface area contributed by atoms with Gasteiger partial charge in [0.1, 0.15) is 5.78 Å². The van der Waals surface area contributed by atoms with Crippen LogP contribution in [-0.4, -0.2) is 47.1 Å². The minimum Gasteiger partial charge on any atom is -0.416 e. The van der Waals surface area contributed by atoms with Crippen LogP contribution in [0.1, 0.15) is 67.7 Å². The van der Waals surface area contributed by atoms with Gasteiger partial charge in [0.15, 0.2) is 16.6 Å². The quantitative estimate of drug-likeness (QED) is 0.394. The Bertz CT molecular complexity index is 678. The van der Waals surface area contributed by atoms with Gasteiger partial charge in [-0.3, -0.25) is 9.59 Å². The Kier molecular flexibility index (Phi) is 7.79. The summed E-state index contributed by atoms with van der Waals surface area (Å²) >= 11 is 0. The molecule has 180 valence electrons. The lowest BCUT2D eigenvalue weighted by Gasteiger charge is -2.48. The van der Waals surface area contributed by atoms with Crippen LogP contribution in [-0.2, 0) is 18.4 Å². The minimum atomic E-state index is -1.98. The minimum absolute atomic E-state index is 0.0312. The third-order valence-electron chi connectivity index (χ3n) is 8.51. The third-order valence-corrected chi connectivity index (χ3v) is 17.6. The van der Waals surface area contributed by atoms with Crippen LogP contribution in [0.25, 0.3) is 0 Å². The van der Waals surface area contributed by atoms with Crippen LogP contribution in [0.2, 0.25) is 36.3 Å². The largest absolute Gasteiger partial charge is 0.416 e. The number of amides is 1. The van der Waals surface area contributed by atoms with Gasteiger partial charge in [-0.2, -0.15) is 0 Å². The van der Waals surface area contributed by atoms with Crippen LogP contribution >= 0.6 is 0 Å². The van der Waals surface area contributed by atoms with Gasteiger partial charge in [0, 0.05) is 18.4 Å². The van der Waals surface area contributed by atoms with E-state index in [1.54, 1.807) is 0 Å². The van der Waals surface area contributed by atoms with E-state index in [1.165, 1.54) is 0 Å². The molecule has 0 radical (unpaired) electrons. The molecule has 0 aromatic rings. The fourth-order valence-corrected chi connectivity index (χ4v) is 6.69. The standard InChI is InChI=1S/C24H47NO4Si2/c1-16(29-31(10,11)24(5,6)7)19-20(25-22(19)27)18-14-12-13-17(21(18)26)15-28-30(8,9)23(2,3)4/h16-20H,12-15H2,1-11H3,(H,25,27)/t16-,17+,18-,19-,20-/m1/s1. The monoisotopic (exact) mass is 469 g/mol. The zero-order chi connectivity index (χ0) is 24.0. The second-order valence-electron chi connectivity index (χ2n) is 12.9. The lowest BCUT2D eigenvalue weighted by Crippen LogP contribution is -2.68. The molecule has 7 heteroatoms. The summed E-state index contributed by atoms with van der Waals surface area (Å²) in [6.07, 6.45) is 2.59. The first-order valence-electron chi connectivity index (χ1n) is 12.0. The van der Waals surface area contributed by atoms with Crippen molar-refractivity contribution in [2.24, 2.45) is 17.8 Å². The molecule has 1 heterocycles. The van der Waals surface area contributed by atoms with Gasteiger partial charge in [0.25, 0.3) is 0 Å². The summed E-state index contributed by atoms with van der Waals surface area (Å²) in [6, 6.07) is -0.101. The zero-order valence-corrected chi connectivity index (χ0v) is 23.8. The van der Waals surface area contributed by atoms with Crippen LogP contribution < -0.4 is 5.32 Å². The summed E-state index contributed by atoms with van der Waals surface area (Å²) in [5, 5.41) is 3.28. The van der Waals surface area contributed by atoms with Gasteiger partial charge in [0.05, 0.1) is 18.1 Å². The number of ketones is 1. The molecule has 1 N–H and O–H groups in total. The second kappa shape index (κ2) is 9.03. The Morgan fingerprint density at radius 3 is 2.00 bits per heavy atom. The molecule has 1 aliphatic heterocycles. The molecule has 2 aliphatic rings. The highest BCUT2D eigenvalue weighted by Crippen LogP contribution is 2.42. The van der Waals surface area contributed by atoms with Crippen molar-refractivity contribution < 1.29 is 18.4 Å². The molecule has 1 saturated heterocycles. The van der Waals surface area contributed by atoms with E-state index in [9.17, 15) is 9.59 Å². The topological polar surface area (TPSA) is 64.6 Å². The van der Waals surface area contributed by atoms with E-state index in [0.29, 0.717) is 6.61 Å². The van der Waals surface area contributed by atoms with Crippen molar-refractivity contribution in [1.82, 2.24) is 5.32 Å². The van der Waals surface area contributed by atoms with E-state index in [1.807, 2.05) is 6.92 Å². The molecule has 2 rings (SSSR count). The third kappa shape index (κ3) is 5.71. The molecule has 0 unspecified atom stereocenters. The number of hydrogen-bond donors (Lipinski definition) is 1. The van der Waals surface area contributed by atoms with Gasteiger partial charge < -0.3 is 14.2 Å². The normalized spacial score (nSPS) is 29.4. The van der Waals surface area contributed by atoms with Gasteiger partial charge in [-0.05, 0) is 56.0 Å². The zero-order valence-electron chi connectivity index (χ0n) is 21.8. The van der Waals surface area contributed by atoms with E-state index < -0.39 is 16.6 Å². The van der Waals surface area contributed by atoms with Crippen LogP contribution in [0.15, 0.2) is 0 Å². The van der Waals surface area contributed by atoms with Crippen LogP contribution in [0.3, 0.4) is 0 Å². The number of Topliss-reactive ketones (excluding diaryl/α,β-unsaturated/α-hetero) is 1. The Morgan fingerprint density at radius 2 is 1.52 bits per heavy atom. The molecule has 0 aromatic heterocycles. The highest BCUT2D eigenvalue weighted by molar-refractivity contribution is 6.74.